The number of hydrogen-bond acceptors (Lipinski definition) is 3. The van der Waals surface area contributed by atoms with Gasteiger partial charge in [-0.05, 0) is 59.9 Å². The minimum absolute atomic E-state index is 0.0179. The summed E-state index contributed by atoms with van der Waals surface area (Å²) in [4.78, 5) is 18.8. The zero-order chi connectivity index (χ0) is 25.0. The average Bonchev–Trinajstić information content (AvgIpc) is 3.10. The van der Waals surface area contributed by atoms with Crippen molar-refractivity contribution in [3.05, 3.63) is 87.4 Å². The third-order valence-corrected chi connectivity index (χ3v) is 8.37. The van der Waals surface area contributed by atoms with Crippen LogP contribution in [0.3, 0.4) is 0 Å². The maximum absolute atomic E-state index is 14.2. The number of benzene rings is 2. The predicted molar refractivity (Wildman–Crippen MR) is 136 cm³/mol. The first-order valence-electron chi connectivity index (χ1n) is 11.1. The molecule has 0 bridgehead atoms. The molecular weight excluding hydrogens is 516 g/mol. The van der Waals surface area contributed by atoms with E-state index < -0.39 is 23.2 Å². The summed E-state index contributed by atoms with van der Waals surface area (Å²) >= 11 is 14.0. The zero-order valence-corrected chi connectivity index (χ0v) is 20.9. The number of amides is 1. The molecule has 0 fully saturated rings. The van der Waals surface area contributed by atoms with Gasteiger partial charge in [0.25, 0.3) is 0 Å². The Balaban J connectivity index is 1.82. The van der Waals surface area contributed by atoms with Crippen LogP contribution in [0.4, 0.5) is 18.9 Å². The normalized spacial score (nSPS) is 27.9. The van der Waals surface area contributed by atoms with Crippen LogP contribution in [0.1, 0.15) is 35.6 Å². The molecule has 2 aliphatic heterocycles. The minimum Gasteiger partial charge on any atom is -0.325 e. The lowest BCUT2D eigenvalue weighted by Crippen LogP contribution is -2.52. The molecule has 1 spiro atoms. The van der Waals surface area contributed by atoms with E-state index in [1.165, 1.54) is 23.9 Å². The number of halogens is 5. The third kappa shape index (κ3) is 4.02. The van der Waals surface area contributed by atoms with E-state index in [4.69, 9.17) is 28.2 Å². The van der Waals surface area contributed by atoms with Crippen molar-refractivity contribution in [3.63, 3.8) is 0 Å². The molecule has 2 aromatic carbocycles. The molecule has 182 valence electrons. The molecule has 5 rings (SSSR count). The Bertz CT molecular complexity index is 1290. The molecule has 3 aliphatic rings. The van der Waals surface area contributed by atoms with Crippen LogP contribution >= 0.6 is 35.0 Å². The summed E-state index contributed by atoms with van der Waals surface area (Å²) in [5.74, 6) is -0.919. The van der Waals surface area contributed by atoms with E-state index in [1.807, 2.05) is 18.4 Å². The molecule has 0 aromatic heterocycles. The summed E-state index contributed by atoms with van der Waals surface area (Å²) in [6, 6.07) is 9.38. The number of alkyl halides is 3. The summed E-state index contributed by atoms with van der Waals surface area (Å²) in [6.07, 6.45) is 3.84. The van der Waals surface area contributed by atoms with Crippen LogP contribution in [0, 0.1) is 11.8 Å². The Labute approximate surface area is 215 Å². The second-order valence-corrected chi connectivity index (χ2v) is 10.7. The largest absolute Gasteiger partial charge is 0.416 e. The smallest absolute Gasteiger partial charge is 0.325 e. The first-order valence-corrected chi connectivity index (χ1v) is 13.1. The molecule has 4 atom stereocenters. The highest BCUT2D eigenvalue weighted by Crippen LogP contribution is 2.60. The molecule has 35 heavy (non-hydrogen) atoms. The summed E-state index contributed by atoms with van der Waals surface area (Å²) in [5.41, 5.74) is -1.06. The second kappa shape index (κ2) is 9.02. The number of anilines is 1. The SMILES string of the molecule is CSC1=N[C@@H](c2ccccc2C(F)(F)F)[C@@]2(C(=O)Nc3cc(Cl)ccc32)[C@H](C2C=CC=C(Cl)C2)C1. The monoisotopic (exact) mass is 536 g/mol. The first-order chi connectivity index (χ1) is 16.7. The lowest BCUT2D eigenvalue weighted by atomic mass is 9.57. The van der Waals surface area contributed by atoms with E-state index in [2.05, 4.69) is 5.32 Å². The Morgan fingerprint density at radius 1 is 1.14 bits per heavy atom. The van der Waals surface area contributed by atoms with Gasteiger partial charge in [-0.15, -0.1) is 11.8 Å². The van der Waals surface area contributed by atoms with Crippen LogP contribution < -0.4 is 5.32 Å². The van der Waals surface area contributed by atoms with Crippen molar-refractivity contribution in [2.75, 3.05) is 11.6 Å². The fourth-order valence-corrected chi connectivity index (χ4v) is 6.67. The van der Waals surface area contributed by atoms with Gasteiger partial charge in [0.15, 0.2) is 0 Å². The lowest BCUT2D eigenvalue weighted by molar-refractivity contribution is -0.139. The molecular formula is C26H21Cl2F3N2OS. The van der Waals surface area contributed by atoms with Crippen LogP contribution in [-0.4, -0.2) is 17.2 Å². The molecule has 1 unspecified atom stereocenters. The Morgan fingerprint density at radius 2 is 1.91 bits per heavy atom. The summed E-state index contributed by atoms with van der Waals surface area (Å²) in [5, 5.41) is 4.69. The number of fused-ring (bicyclic) bond motifs is 2. The molecule has 0 radical (unpaired) electrons. The highest BCUT2D eigenvalue weighted by atomic mass is 35.5. The predicted octanol–water partition coefficient (Wildman–Crippen LogP) is 7.77. The highest BCUT2D eigenvalue weighted by Gasteiger charge is 2.62. The minimum atomic E-state index is -4.60. The standard InChI is InChI=1S/C26H21Cl2F3N2OS/c1-35-22-13-20(14-5-4-6-15(27)11-14)25(19-10-9-16(28)12-21(19)32-24(25)34)23(33-22)17-7-2-3-8-18(17)26(29,30)31/h2-10,12,14,20,23H,11,13H2,1H3,(H,32,34)/t14?,20-,23-,25-/m0/s1. The number of aliphatic imine (C=N–C) groups is 1. The van der Waals surface area contributed by atoms with E-state index >= 15 is 0 Å². The first kappa shape index (κ1) is 24.5. The molecule has 1 aliphatic carbocycles. The van der Waals surface area contributed by atoms with Crippen LogP contribution in [-0.2, 0) is 16.4 Å². The van der Waals surface area contributed by atoms with Gasteiger partial charge in [-0.25, -0.2) is 0 Å². The fourth-order valence-electron chi connectivity index (χ4n) is 5.69. The van der Waals surface area contributed by atoms with Crippen LogP contribution in [0.2, 0.25) is 5.02 Å². The highest BCUT2D eigenvalue weighted by molar-refractivity contribution is 8.13. The van der Waals surface area contributed by atoms with Crippen molar-refractivity contribution in [1.29, 1.82) is 0 Å². The van der Waals surface area contributed by atoms with Gasteiger partial charge in [0, 0.05) is 22.2 Å². The molecule has 1 amide bonds. The van der Waals surface area contributed by atoms with Gasteiger partial charge < -0.3 is 5.32 Å². The number of allylic oxidation sites excluding steroid dienone is 4. The molecule has 9 heteroatoms. The molecule has 2 aromatic rings. The average molecular weight is 537 g/mol. The Kier molecular flexibility index (Phi) is 6.31. The van der Waals surface area contributed by atoms with Crippen molar-refractivity contribution >= 4 is 51.6 Å². The van der Waals surface area contributed by atoms with Gasteiger partial charge in [-0.2, -0.15) is 13.2 Å². The van der Waals surface area contributed by atoms with Gasteiger partial charge in [0.2, 0.25) is 5.91 Å². The van der Waals surface area contributed by atoms with Crippen LogP contribution in [0.5, 0.6) is 0 Å². The quantitative estimate of drug-likeness (QED) is 0.425. The van der Waals surface area contributed by atoms with E-state index in [-0.39, 0.29) is 23.3 Å². The number of nitrogens with one attached hydrogen (secondary N) is 1. The lowest BCUT2D eigenvalue weighted by Gasteiger charge is -2.47. The Morgan fingerprint density at radius 3 is 2.63 bits per heavy atom. The molecule has 0 saturated carbocycles. The van der Waals surface area contributed by atoms with Gasteiger partial charge in [0.1, 0.15) is 5.41 Å². The van der Waals surface area contributed by atoms with Crippen molar-refractivity contribution in [2.24, 2.45) is 16.8 Å². The molecule has 0 saturated heterocycles. The number of nitrogens with zero attached hydrogens (tertiary/aromatic N) is 1. The summed E-state index contributed by atoms with van der Waals surface area (Å²) in [6.45, 7) is 0. The van der Waals surface area contributed by atoms with E-state index in [0.29, 0.717) is 39.2 Å². The van der Waals surface area contributed by atoms with E-state index in [1.54, 1.807) is 30.3 Å². The fraction of sp³-hybridized carbons (Fsp3) is 0.308. The molecule has 3 nitrogen and oxygen atoms in total. The van der Waals surface area contributed by atoms with Crippen molar-refractivity contribution < 1.29 is 18.0 Å². The van der Waals surface area contributed by atoms with Gasteiger partial charge in [-0.1, -0.05) is 59.6 Å². The van der Waals surface area contributed by atoms with Gasteiger partial charge >= 0.3 is 6.18 Å². The van der Waals surface area contributed by atoms with Crippen molar-refractivity contribution in [1.82, 2.24) is 0 Å². The number of carbonyl (C=O) groups is 1. The maximum Gasteiger partial charge on any atom is 0.416 e. The number of hydrogen-bond donors (Lipinski definition) is 1. The van der Waals surface area contributed by atoms with Crippen molar-refractivity contribution in [2.45, 2.75) is 30.5 Å². The number of rotatable bonds is 2. The van der Waals surface area contributed by atoms with Gasteiger partial charge in [0.05, 0.1) is 16.6 Å². The number of carbonyl (C=O) groups excluding carboxylic acids is 1. The van der Waals surface area contributed by atoms with Crippen LogP contribution in [0.15, 0.2) is 70.7 Å². The topological polar surface area (TPSA) is 41.5 Å². The van der Waals surface area contributed by atoms with Crippen molar-refractivity contribution in [3.8, 4) is 0 Å². The molecule has 2 heterocycles. The maximum atomic E-state index is 14.2. The number of thioether (sulfide) groups is 1. The van der Waals surface area contributed by atoms with E-state index in [9.17, 15) is 18.0 Å². The third-order valence-electron chi connectivity index (χ3n) is 7.11. The van der Waals surface area contributed by atoms with Gasteiger partial charge in [-0.3, -0.25) is 9.79 Å². The Hall–Kier alpha value is -2.22. The van der Waals surface area contributed by atoms with Crippen LogP contribution in [0.25, 0.3) is 0 Å². The zero-order valence-electron chi connectivity index (χ0n) is 18.6. The second-order valence-electron chi connectivity index (χ2n) is 8.90. The summed E-state index contributed by atoms with van der Waals surface area (Å²) in [7, 11) is 0. The molecule has 1 N–H and O–H groups in total. The summed E-state index contributed by atoms with van der Waals surface area (Å²) < 4.78 is 42.6. The van der Waals surface area contributed by atoms with E-state index in [0.717, 1.165) is 6.07 Å².